The fraction of sp³-hybridized carbons (Fsp3) is 0.488. The number of aromatic nitrogens is 1. The summed E-state index contributed by atoms with van der Waals surface area (Å²) in [6.45, 7) is 10.2. The molecule has 2 aliphatic carbocycles. The minimum absolute atomic E-state index is 0.00590. The van der Waals surface area contributed by atoms with E-state index in [9.17, 15) is 27.6 Å². The number of sulfonamides is 1. The molecule has 56 heavy (non-hydrogen) atoms. The first kappa shape index (κ1) is 39.5. The van der Waals surface area contributed by atoms with E-state index in [2.05, 4.69) is 16.6 Å². The van der Waals surface area contributed by atoms with Crippen molar-refractivity contribution < 1.29 is 37.1 Å². The summed E-state index contributed by atoms with van der Waals surface area (Å²) in [5, 5.41) is 2.76. The van der Waals surface area contributed by atoms with E-state index in [-0.39, 0.29) is 37.1 Å². The zero-order chi connectivity index (χ0) is 40.2. The van der Waals surface area contributed by atoms with Gasteiger partial charge in [0.05, 0.1) is 41.4 Å². The summed E-state index contributed by atoms with van der Waals surface area (Å²) in [5.74, 6) is -2.29. The molecule has 2 N–H and O–H groups in total. The third-order valence-electron chi connectivity index (χ3n) is 11.4. The highest BCUT2D eigenvalue weighted by atomic mass is 35.5. The molecule has 3 heterocycles. The lowest BCUT2D eigenvalue weighted by atomic mass is 9.77. The number of benzene rings is 2. The fourth-order valence-electron chi connectivity index (χ4n) is 7.63. The highest BCUT2D eigenvalue weighted by Gasteiger charge is 2.62. The van der Waals surface area contributed by atoms with Gasteiger partial charge in [0.1, 0.15) is 29.2 Å². The molecule has 0 spiro atoms. The van der Waals surface area contributed by atoms with Gasteiger partial charge in [-0.3, -0.25) is 23.9 Å². The number of nitrogens with zero attached hydrogens (tertiary/aromatic N) is 3. The van der Waals surface area contributed by atoms with E-state index in [1.807, 2.05) is 69.3 Å². The molecule has 13 nitrogen and oxygen atoms in total. The summed E-state index contributed by atoms with van der Waals surface area (Å²) in [5.41, 5.74) is -0.0940. The van der Waals surface area contributed by atoms with Crippen LogP contribution in [0, 0.1) is 17.3 Å². The summed E-state index contributed by atoms with van der Waals surface area (Å²) < 4.78 is 39.9. The van der Waals surface area contributed by atoms with Gasteiger partial charge in [-0.25, -0.2) is 13.4 Å². The Balaban J connectivity index is 1.21. The zero-order valence-electron chi connectivity index (χ0n) is 32.0. The second-order valence-corrected chi connectivity index (χ2v) is 19.0. The highest BCUT2D eigenvalue weighted by Crippen LogP contribution is 2.46. The molecule has 15 heteroatoms. The average Bonchev–Trinajstić information content (AvgIpc) is 4.08. The number of pyridine rings is 1. The molecule has 4 aliphatic rings. The van der Waals surface area contributed by atoms with Gasteiger partial charge in [0.15, 0.2) is 0 Å². The Morgan fingerprint density at radius 2 is 1.79 bits per heavy atom. The molecule has 2 unspecified atom stereocenters. The third-order valence-corrected chi connectivity index (χ3v) is 13.4. The molecule has 0 bridgehead atoms. The zero-order valence-corrected chi connectivity index (χ0v) is 33.6. The molecule has 5 atom stereocenters. The quantitative estimate of drug-likeness (QED) is 0.188. The minimum atomic E-state index is -3.90. The number of ether oxygens (including phenoxy) is 2. The molecule has 2 saturated heterocycles. The molecule has 2 aromatic carbocycles. The third kappa shape index (κ3) is 7.95. The highest BCUT2D eigenvalue weighted by molar-refractivity contribution is 7.91. The monoisotopic (exact) mass is 805 g/mol. The van der Waals surface area contributed by atoms with E-state index in [1.165, 1.54) is 11.0 Å². The number of carbonyl (C=O) groups is 4. The number of nitrogens with one attached hydrogen (secondary N) is 2. The van der Waals surface area contributed by atoms with Gasteiger partial charge >= 0.3 is 0 Å². The van der Waals surface area contributed by atoms with Crippen LogP contribution in [0.15, 0.2) is 67.3 Å². The molecule has 4 fully saturated rings. The van der Waals surface area contributed by atoms with Gasteiger partial charge in [0, 0.05) is 54.9 Å². The van der Waals surface area contributed by atoms with Crippen LogP contribution < -0.4 is 19.5 Å². The number of fused-ring (bicyclic) bond motifs is 1. The molecular weight excluding hydrogens is 758 g/mol. The Morgan fingerprint density at radius 1 is 1.07 bits per heavy atom. The van der Waals surface area contributed by atoms with Crippen molar-refractivity contribution in [2.45, 2.75) is 81.2 Å². The fourth-order valence-corrected chi connectivity index (χ4v) is 9.32. The van der Waals surface area contributed by atoms with E-state index in [1.54, 1.807) is 18.1 Å². The lowest BCUT2D eigenvalue weighted by molar-refractivity contribution is -0.149. The second-order valence-electron chi connectivity index (χ2n) is 16.4. The SMILES string of the molecule is C=CC1C[C@]1(NC(=O)[C@@H]1C[C@@H](Oc2cc(-c3ccccc3)nc3cc(OC)ccc23)CN1C(=O)C(CC(=O)N1CC(Cl)C1)C(C)(C)C)C(=O)NS(=O)(=O)C1CC1. The topological polar surface area (TPSA) is 164 Å². The normalized spacial score (nSPS) is 24.2. The van der Waals surface area contributed by atoms with Crippen LogP contribution in [0.2, 0.25) is 0 Å². The maximum Gasteiger partial charge on any atom is 0.259 e. The van der Waals surface area contributed by atoms with Crippen molar-refractivity contribution in [2.24, 2.45) is 17.3 Å². The molecule has 3 aromatic rings. The number of methoxy groups -OCH3 is 1. The minimum Gasteiger partial charge on any atom is -0.497 e. The average molecular weight is 806 g/mol. The Labute approximate surface area is 332 Å². The van der Waals surface area contributed by atoms with Crippen LogP contribution in [0.5, 0.6) is 11.5 Å². The second kappa shape index (κ2) is 15.0. The number of hydrogen-bond acceptors (Lipinski definition) is 9. The van der Waals surface area contributed by atoms with Gasteiger partial charge in [-0.1, -0.05) is 57.2 Å². The number of likely N-dealkylation sites (tertiary alicyclic amines) is 2. The Kier molecular flexibility index (Phi) is 10.6. The van der Waals surface area contributed by atoms with Gasteiger partial charge in [0.25, 0.3) is 5.91 Å². The maximum atomic E-state index is 14.8. The first-order valence-corrected chi connectivity index (χ1v) is 20.9. The van der Waals surface area contributed by atoms with E-state index in [4.69, 9.17) is 26.1 Å². The predicted octanol–water partition coefficient (Wildman–Crippen LogP) is 4.43. The summed E-state index contributed by atoms with van der Waals surface area (Å²) >= 11 is 6.16. The first-order valence-electron chi connectivity index (χ1n) is 19.0. The van der Waals surface area contributed by atoms with Gasteiger partial charge in [-0.15, -0.1) is 18.2 Å². The Morgan fingerprint density at radius 3 is 2.39 bits per heavy atom. The van der Waals surface area contributed by atoms with E-state index < -0.39 is 67.9 Å². The van der Waals surface area contributed by atoms with E-state index in [0.29, 0.717) is 54.0 Å². The molecule has 0 radical (unpaired) electrons. The smallest absolute Gasteiger partial charge is 0.259 e. The standard InChI is InChI=1S/C41H48ClN5O8S/c1-6-25-20-41(25,39(51)45-56(52,53)29-13-14-29)44-37(49)34-17-28(23-47(34)38(50)31(40(2,3)4)18-36(48)46-21-26(42)22-46)55-35-19-32(24-10-8-7-9-11-24)43-33-16-27(54-5)12-15-30(33)35/h6-12,15-16,19,25-26,28-29,31,34H,1,13-14,17-18,20-23H2,2-5H3,(H,44,49)(H,45,51)/t25?,28-,31?,34+,41-/m1/s1. The first-order chi connectivity index (χ1) is 26.5. The Bertz CT molecular complexity index is 2170. The molecule has 2 aliphatic heterocycles. The van der Waals surface area contributed by atoms with Crippen molar-refractivity contribution in [1.82, 2.24) is 24.8 Å². The van der Waals surface area contributed by atoms with Crippen molar-refractivity contribution >= 4 is 56.2 Å². The number of carbonyl (C=O) groups excluding carboxylic acids is 4. The van der Waals surface area contributed by atoms with Gasteiger partial charge < -0.3 is 24.6 Å². The summed E-state index contributed by atoms with van der Waals surface area (Å²) in [7, 11) is -2.33. The Hall–Kier alpha value is -4.69. The summed E-state index contributed by atoms with van der Waals surface area (Å²) in [6, 6.07) is 15.8. The van der Waals surface area contributed by atoms with Crippen LogP contribution in [0.4, 0.5) is 0 Å². The number of hydrogen-bond donors (Lipinski definition) is 2. The molecular formula is C41H48ClN5O8S. The van der Waals surface area contributed by atoms with Gasteiger partial charge in [-0.2, -0.15) is 0 Å². The van der Waals surface area contributed by atoms with Gasteiger partial charge in [-0.05, 0) is 36.8 Å². The summed E-state index contributed by atoms with van der Waals surface area (Å²) in [6.07, 6.45) is 1.88. The molecule has 4 amide bonds. The largest absolute Gasteiger partial charge is 0.497 e. The van der Waals surface area contributed by atoms with E-state index >= 15 is 0 Å². The predicted molar refractivity (Wildman–Crippen MR) is 211 cm³/mol. The molecule has 298 valence electrons. The van der Waals surface area contributed by atoms with Crippen molar-refractivity contribution in [3.8, 4) is 22.8 Å². The van der Waals surface area contributed by atoms with Crippen LogP contribution in [-0.2, 0) is 29.2 Å². The van der Waals surface area contributed by atoms with Crippen LogP contribution in [0.3, 0.4) is 0 Å². The van der Waals surface area contributed by atoms with Crippen molar-refractivity contribution in [2.75, 3.05) is 26.7 Å². The number of rotatable bonds is 13. The molecule has 7 rings (SSSR count). The number of alkyl halides is 1. The lowest BCUT2D eigenvalue weighted by Crippen LogP contribution is -2.57. The molecule has 1 aromatic heterocycles. The van der Waals surface area contributed by atoms with E-state index in [0.717, 1.165) is 5.56 Å². The summed E-state index contributed by atoms with van der Waals surface area (Å²) in [4.78, 5) is 64.1. The van der Waals surface area contributed by atoms with Gasteiger partial charge in [0.2, 0.25) is 27.7 Å². The van der Waals surface area contributed by atoms with Crippen LogP contribution in [0.1, 0.15) is 52.9 Å². The lowest BCUT2D eigenvalue weighted by Gasteiger charge is -2.39. The maximum absolute atomic E-state index is 14.8. The number of amides is 4. The number of halogens is 1. The van der Waals surface area contributed by atoms with Crippen LogP contribution >= 0.6 is 11.6 Å². The van der Waals surface area contributed by atoms with Crippen molar-refractivity contribution in [1.29, 1.82) is 0 Å². The molecule has 2 saturated carbocycles. The van der Waals surface area contributed by atoms with Crippen molar-refractivity contribution in [3.63, 3.8) is 0 Å². The van der Waals surface area contributed by atoms with Crippen LogP contribution in [-0.4, -0.2) is 102 Å². The van der Waals surface area contributed by atoms with Crippen LogP contribution in [0.25, 0.3) is 22.2 Å². The van der Waals surface area contributed by atoms with Crippen molar-refractivity contribution in [3.05, 3.63) is 67.3 Å².